The number of carbonyl (C=O) groups excluding carboxylic acids is 3. The van der Waals surface area contributed by atoms with Gasteiger partial charge >= 0.3 is 6.18 Å². The summed E-state index contributed by atoms with van der Waals surface area (Å²) in [5.41, 5.74) is 0.703. The minimum Gasteiger partial charge on any atom is -0.346 e. The molecule has 0 bridgehead atoms. The van der Waals surface area contributed by atoms with E-state index in [9.17, 15) is 31.9 Å². The number of rotatable bonds is 10. The lowest BCUT2D eigenvalue weighted by molar-refractivity contribution is -0.139. The summed E-state index contributed by atoms with van der Waals surface area (Å²) in [7, 11) is 3.44. The van der Waals surface area contributed by atoms with Crippen molar-refractivity contribution in [2.24, 2.45) is 0 Å². The molecule has 36 heavy (non-hydrogen) atoms. The Bertz CT molecular complexity index is 1100. The number of hydrogen-bond acceptors (Lipinski definition) is 5. The summed E-state index contributed by atoms with van der Waals surface area (Å²) in [6.07, 6.45) is -3.12. The number of aromatic nitrogens is 2. The average molecular weight is 515 g/mol. The van der Waals surface area contributed by atoms with Crippen molar-refractivity contribution in [2.45, 2.75) is 45.5 Å². The Morgan fingerprint density at radius 2 is 1.78 bits per heavy atom. The Morgan fingerprint density at radius 1 is 1.11 bits per heavy atom. The van der Waals surface area contributed by atoms with Crippen molar-refractivity contribution in [3.8, 4) is 0 Å². The summed E-state index contributed by atoms with van der Waals surface area (Å²) >= 11 is 0. The van der Waals surface area contributed by atoms with Crippen LogP contribution in [0.1, 0.15) is 54.3 Å². The average Bonchev–Trinajstić information content (AvgIpc) is 3.27. The fraction of sp³-hybridized carbons (Fsp3) is 0.478. The number of carbonyl (C=O) groups is 3. The van der Waals surface area contributed by atoms with Crippen LogP contribution in [0, 0.1) is 5.82 Å². The predicted molar refractivity (Wildman–Crippen MR) is 125 cm³/mol. The second-order valence-corrected chi connectivity index (χ2v) is 8.81. The van der Waals surface area contributed by atoms with Crippen LogP contribution in [0.15, 0.2) is 24.4 Å². The smallest absolute Gasteiger partial charge is 0.346 e. The molecule has 1 heterocycles. The molecule has 0 saturated carbocycles. The van der Waals surface area contributed by atoms with Crippen LogP contribution in [0.25, 0.3) is 0 Å². The second kappa shape index (κ2) is 12.0. The van der Waals surface area contributed by atoms with Crippen LogP contribution >= 0.6 is 0 Å². The van der Waals surface area contributed by atoms with Crippen molar-refractivity contribution in [3.05, 3.63) is 47.0 Å². The molecule has 0 saturated heterocycles. The van der Waals surface area contributed by atoms with Crippen LogP contribution in [0.3, 0.4) is 0 Å². The van der Waals surface area contributed by atoms with E-state index in [4.69, 9.17) is 0 Å². The van der Waals surface area contributed by atoms with E-state index in [-0.39, 0.29) is 29.5 Å². The van der Waals surface area contributed by atoms with Crippen molar-refractivity contribution in [1.82, 2.24) is 25.3 Å². The molecule has 1 aromatic carbocycles. The van der Waals surface area contributed by atoms with Crippen molar-refractivity contribution in [2.75, 3.05) is 32.5 Å². The summed E-state index contributed by atoms with van der Waals surface area (Å²) in [5.74, 6) is -4.09. The third kappa shape index (κ3) is 8.04. The Kier molecular flexibility index (Phi) is 9.56. The predicted octanol–water partition coefficient (Wildman–Crippen LogP) is 2.82. The molecule has 2 rings (SSSR count). The zero-order valence-corrected chi connectivity index (χ0v) is 20.7. The zero-order valence-electron chi connectivity index (χ0n) is 20.7. The zero-order chi connectivity index (χ0) is 27.2. The van der Waals surface area contributed by atoms with E-state index in [1.165, 1.54) is 29.9 Å². The minimum atomic E-state index is -4.58. The van der Waals surface area contributed by atoms with Gasteiger partial charge in [-0.15, -0.1) is 0 Å². The van der Waals surface area contributed by atoms with Gasteiger partial charge in [-0.25, -0.2) is 4.39 Å². The highest BCUT2D eigenvalue weighted by Crippen LogP contribution is 2.28. The summed E-state index contributed by atoms with van der Waals surface area (Å²) in [6, 6.07) is 3.78. The Morgan fingerprint density at radius 3 is 2.36 bits per heavy atom. The highest BCUT2D eigenvalue weighted by atomic mass is 19.4. The molecule has 1 aromatic heterocycles. The maximum absolute atomic E-state index is 14.9. The Balaban J connectivity index is 2.15. The first-order valence-corrected chi connectivity index (χ1v) is 11.1. The molecule has 1 atom stereocenters. The van der Waals surface area contributed by atoms with E-state index < -0.39 is 48.7 Å². The molecular weight excluding hydrogens is 484 g/mol. The lowest BCUT2D eigenvalue weighted by Crippen LogP contribution is -2.36. The standard InChI is InChI=1S/C23H30F4N6O3/c1-13(2)33-19(6-7-30-33)22(36)28-10-20(34)31-18-8-15(11-32(4)5)16(9-17(18)24)14(3)21(35)29-12-23(25,26)27/h6-9,13-14H,10-12H2,1-5H3,(H,28,36)(H,29,35)(H,31,34). The third-order valence-corrected chi connectivity index (χ3v) is 5.11. The molecule has 9 nitrogen and oxygen atoms in total. The van der Waals surface area contributed by atoms with Gasteiger partial charge in [0, 0.05) is 18.8 Å². The van der Waals surface area contributed by atoms with E-state index in [2.05, 4.69) is 15.7 Å². The Hall–Kier alpha value is -3.48. The third-order valence-electron chi connectivity index (χ3n) is 5.11. The topological polar surface area (TPSA) is 108 Å². The van der Waals surface area contributed by atoms with Gasteiger partial charge in [-0.05, 0) is 64.2 Å². The highest BCUT2D eigenvalue weighted by molar-refractivity contribution is 5.98. The first-order valence-electron chi connectivity index (χ1n) is 11.1. The van der Waals surface area contributed by atoms with Crippen molar-refractivity contribution >= 4 is 23.4 Å². The van der Waals surface area contributed by atoms with Gasteiger partial charge in [-0.2, -0.15) is 18.3 Å². The molecule has 0 radical (unpaired) electrons. The molecule has 3 amide bonds. The number of benzene rings is 1. The van der Waals surface area contributed by atoms with Crippen LogP contribution in [-0.4, -0.2) is 65.8 Å². The van der Waals surface area contributed by atoms with Crippen LogP contribution in [0.4, 0.5) is 23.2 Å². The van der Waals surface area contributed by atoms with E-state index in [0.29, 0.717) is 5.56 Å². The van der Waals surface area contributed by atoms with Crippen LogP contribution in [0.2, 0.25) is 0 Å². The highest BCUT2D eigenvalue weighted by Gasteiger charge is 2.30. The fourth-order valence-corrected chi connectivity index (χ4v) is 3.44. The molecule has 0 fully saturated rings. The van der Waals surface area contributed by atoms with Crippen molar-refractivity contribution in [3.63, 3.8) is 0 Å². The molecule has 3 N–H and O–H groups in total. The van der Waals surface area contributed by atoms with E-state index in [1.54, 1.807) is 24.3 Å². The molecule has 1 unspecified atom stereocenters. The van der Waals surface area contributed by atoms with Crippen molar-refractivity contribution < 1.29 is 31.9 Å². The number of amides is 3. The summed E-state index contributed by atoms with van der Waals surface area (Å²) in [4.78, 5) is 38.8. The SMILES string of the molecule is CC(C(=O)NCC(F)(F)F)c1cc(F)c(NC(=O)CNC(=O)c2ccnn2C(C)C)cc1CN(C)C. The van der Waals surface area contributed by atoms with E-state index >= 15 is 0 Å². The molecule has 0 aliphatic heterocycles. The summed E-state index contributed by atoms with van der Waals surface area (Å²) in [5, 5.41) is 10.7. The largest absolute Gasteiger partial charge is 0.405 e. The molecule has 13 heteroatoms. The Labute approximate surface area is 206 Å². The second-order valence-electron chi connectivity index (χ2n) is 8.81. The van der Waals surface area contributed by atoms with Gasteiger partial charge < -0.3 is 20.9 Å². The fourth-order valence-electron chi connectivity index (χ4n) is 3.44. The van der Waals surface area contributed by atoms with Crippen molar-refractivity contribution in [1.29, 1.82) is 0 Å². The molecule has 198 valence electrons. The van der Waals surface area contributed by atoms with Gasteiger partial charge in [0.25, 0.3) is 5.91 Å². The van der Waals surface area contributed by atoms with E-state index in [1.807, 2.05) is 13.8 Å². The molecule has 0 aliphatic carbocycles. The number of alkyl halides is 3. The first-order chi connectivity index (χ1) is 16.7. The quantitative estimate of drug-likeness (QED) is 0.423. The number of halogens is 4. The van der Waals surface area contributed by atoms with Gasteiger partial charge in [0.05, 0.1) is 18.2 Å². The number of nitrogens with one attached hydrogen (secondary N) is 3. The summed E-state index contributed by atoms with van der Waals surface area (Å²) in [6.45, 7) is 3.34. The van der Waals surface area contributed by atoms with E-state index in [0.717, 1.165) is 6.07 Å². The monoisotopic (exact) mass is 514 g/mol. The van der Waals surface area contributed by atoms with Crippen LogP contribution in [0.5, 0.6) is 0 Å². The first kappa shape index (κ1) is 28.8. The van der Waals surface area contributed by atoms with Gasteiger partial charge in [0.2, 0.25) is 11.8 Å². The van der Waals surface area contributed by atoms with Crippen LogP contribution in [-0.2, 0) is 16.1 Å². The lowest BCUT2D eigenvalue weighted by atomic mass is 9.93. The molecule has 2 aromatic rings. The number of hydrogen-bond donors (Lipinski definition) is 3. The van der Waals surface area contributed by atoms with Crippen LogP contribution < -0.4 is 16.0 Å². The number of nitrogens with zero attached hydrogens (tertiary/aromatic N) is 3. The number of anilines is 1. The summed E-state index contributed by atoms with van der Waals surface area (Å²) < 4.78 is 53.7. The van der Waals surface area contributed by atoms with Gasteiger partial charge in [-0.3, -0.25) is 19.1 Å². The lowest BCUT2D eigenvalue weighted by Gasteiger charge is -2.21. The normalized spacial score (nSPS) is 12.5. The molecule has 0 spiro atoms. The molecular formula is C23H30F4N6O3. The van der Waals surface area contributed by atoms with Gasteiger partial charge in [0.15, 0.2) is 0 Å². The maximum Gasteiger partial charge on any atom is 0.405 e. The maximum atomic E-state index is 14.9. The van der Waals surface area contributed by atoms with Gasteiger partial charge in [0.1, 0.15) is 18.1 Å². The minimum absolute atomic E-state index is 0.0739. The molecule has 0 aliphatic rings. The van der Waals surface area contributed by atoms with Gasteiger partial charge in [-0.1, -0.05) is 0 Å².